The molecule has 0 radical (unpaired) electrons. The van der Waals surface area contributed by atoms with Crippen molar-refractivity contribution in [3.05, 3.63) is 60.2 Å². The van der Waals surface area contributed by atoms with Crippen molar-refractivity contribution < 1.29 is 9.59 Å². The molecule has 0 aliphatic rings. The van der Waals surface area contributed by atoms with Crippen LogP contribution in [0.3, 0.4) is 0 Å². The molecule has 1 aromatic heterocycles. The van der Waals surface area contributed by atoms with Gasteiger partial charge in [-0.15, -0.1) is 0 Å². The van der Waals surface area contributed by atoms with Crippen molar-refractivity contribution in [1.29, 1.82) is 0 Å². The highest BCUT2D eigenvalue weighted by Crippen LogP contribution is 2.30. The van der Waals surface area contributed by atoms with Crippen LogP contribution < -0.4 is 0 Å². The topological polar surface area (TPSA) is 49.9 Å². The van der Waals surface area contributed by atoms with Gasteiger partial charge in [-0.25, -0.2) is 0 Å². The summed E-state index contributed by atoms with van der Waals surface area (Å²) in [7, 11) is 0. The molecule has 0 fully saturated rings. The van der Waals surface area contributed by atoms with Gasteiger partial charge in [-0.3, -0.25) is 9.59 Å². The summed E-state index contributed by atoms with van der Waals surface area (Å²) in [6.07, 6.45) is 0. The van der Waals surface area contributed by atoms with E-state index in [4.69, 9.17) is 11.6 Å². The lowest BCUT2D eigenvalue weighted by molar-refractivity contribution is -0.108. The highest BCUT2D eigenvalue weighted by molar-refractivity contribution is 6.83. The normalized spacial score (nSPS) is 10.7. The van der Waals surface area contributed by atoms with E-state index in [2.05, 4.69) is 4.98 Å². The van der Waals surface area contributed by atoms with Gasteiger partial charge < -0.3 is 4.98 Å². The maximum absolute atomic E-state index is 12.1. The Morgan fingerprint density at radius 2 is 1.55 bits per heavy atom. The first-order valence-corrected chi connectivity index (χ1v) is 6.46. The van der Waals surface area contributed by atoms with Crippen LogP contribution in [0.15, 0.2) is 54.6 Å². The molecule has 0 saturated heterocycles. The minimum Gasteiger partial charge on any atom is -0.354 e. The van der Waals surface area contributed by atoms with E-state index in [1.807, 2.05) is 48.5 Å². The number of H-pyrrole nitrogens is 1. The van der Waals surface area contributed by atoms with E-state index in [9.17, 15) is 9.59 Å². The fraction of sp³-hybridized carbons (Fsp3) is 0. The Labute approximate surface area is 120 Å². The summed E-state index contributed by atoms with van der Waals surface area (Å²) in [5, 5.41) is -0.280. The van der Waals surface area contributed by atoms with Crippen molar-refractivity contribution in [2.45, 2.75) is 0 Å². The predicted molar refractivity (Wildman–Crippen MR) is 78.9 cm³/mol. The minimum absolute atomic E-state index is 0.326. The number of ketones is 1. The Morgan fingerprint density at radius 1 is 0.900 bits per heavy atom. The molecule has 0 aliphatic heterocycles. The van der Waals surface area contributed by atoms with Crippen LogP contribution in [0.1, 0.15) is 10.4 Å². The van der Waals surface area contributed by atoms with Gasteiger partial charge in [-0.2, -0.15) is 0 Å². The van der Waals surface area contributed by atoms with Crippen LogP contribution in [0.2, 0.25) is 0 Å². The summed E-state index contributed by atoms with van der Waals surface area (Å²) in [5.74, 6) is -0.692. The standard InChI is InChI=1S/C16H10ClNO2/c17-16(20)15(19)13-11-8-4-5-9-12(11)18-14(13)10-6-2-1-3-7-10/h1-9,18H. The third-order valence-corrected chi connectivity index (χ3v) is 3.35. The number of carbonyl (C=O) groups excluding carboxylic acids is 2. The maximum atomic E-state index is 12.1. The van der Waals surface area contributed by atoms with E-state index < -0.39 is 11.0 Å². The SMILES string of the molecule is O=C(Cl)C(=O)c1c(-c2ccccc2)[nH]c2ccccc12. The molecular formula is C16H10ClNO2. The number of hydrogen-bond donors (Lipinski definition) is 1. The number of carbonyl (C=O) groups is 2. The zero-order valence-electron chi connectivity index (χ0n) is 10.4. The summed E-state index contributed by atoms with van der Waals surface area (Å²) in [4.78, 5) is 26.6. The van der Waals surface area contributed by atoms with Crippen molar-refractivity contribution in [2.75, 3.05) is 0 Å². The average molecular weight is 284 g/mol. The number of halogens is 1. The van der Waals surface area contributed by atoms with Crippen molar-refractivity contribution in [1.82, 2.24) is 4.98 Å². The van der Waals surface area contributed by atoms with Gasteiger partial charge in [0.25, 0.3) is 5.24 Å². The second-order valence-electron chi connectivity index (χ2n) is 4.39. The highest BCUT2D eigenvalue weighted by atomic mass is 35.5. The van der Waals surface area contributed by atoms with Gasteiger partial charge in [0.05, 0.1) is 11.3 Å². The molecule has 0 saturated carbocycles. The lowest BCUT2D eigenvalue weighted by Gasteiger charge is -2.01. The summed E-state index contributed by atoms with van der Waals surface area (Å²) < 4.78 is 0. The van der Waals surface area contributed by atoms with Crippen molar-refractivity contribution in [2.24, 2.45) is 0 Å². The van der Waals surface area contributed by atoms with Gasteiger partial charge in [0.1, 0.15) is 0 Å². The monoisotopic (exact) mass is 283 g/mol. The Morgan fingerprint density at radius 3 is 2.25 bits per heavy atom. The molecule has 1 N–H and O–H groups in total. The Balaban J connectivity index is 2.34. The fourth-order valence-corrected chi connectivity index (χ4v) is 2.39. The highest BCUT2D eigenvalue weighted by Gasteiger charge is 2.23. The number of benzene rings is 2. The van der Waals surface area contributed by atoms with E-state index in [0.717, 1.165) is 11.1 Å². The van der Waals surface area contributed by atoms with Crippen LogP contribution in [0, 0.1) is 0 Å². The molecule has 0 amide bonds. The van der Waals surface area contributed by atoms with Crippen LogP contribution >= 0.6 is 11.6 Å². The second kappa shape index (κ2) is 4.94. The van der Waals surface area contributed by atoms with Gasteiger partial charge in [0, 0.05) is 10.9 Å². The van der Waals surface area contributed by atoms with Crippen molar-refractivity contribution in [3.63, 3.8) is 0 Å². The first-order chi connectivity index (χ1) is 9.68. The zero-order valence-corrected chi connectivity index (χ0v) is 11.1. The molecule has 3 rings (SSSR count). The molecule has 3 nitrogen and oxygen atoms in total. The molecule has 98 valence electrons. The first kappa shape index (κ1) is 12.6. The van der Waals surface area contributed by atoms with Gasteiger partial charge in [0.2, 0.25) is 5.78 Å². The first-order valence-electron chi connectivity index (χ1n) is 6.09. The number of fused-ring (bicyclic) bond motifs is 1. The number of rotatable bonds is 3. The van der Waals surface area contributed by atoms with Crippen LogP contribution in [-0.2, 0) is 4.79 Å². The van der Waals surface area contributed by atoms with E-state index in [1.165, 1.54) is 0 Å². The predicted octanol–water partition coefficient (Wildman–Crippen LogP) is 3.78. The van der Waals surface area contributed by atoms with Crippen molar-refractivity contribution >= 4 is 33.5 Å². The quantitative estimate of drug-likeness (QED) is 0.452. The summed E-state index contributed by atoms with van der Waals surface area (Å²) in [6, 6.07) is 16.7. The molecule has 1 heterocycles. The summed E-state index contributed by atoms with van der Waals surface area (Å²) >= 11 is 5.38. The lowest BCUT2D eigenvalue weighted by Crippen LogP contribution is -2.08. The smallest absolute Gasteiger partial charge is 0.293 e. The van der Waals surface area contributed by atoms with E-state index in [-0.39, 0.29) is 0 Å². The third-order valence-electron chi connectivity index (χ3n) is 3.17. The zero-order chi connectivity index (χ0) is 14.1. The maximum Gasteiger partial charge on any atom is 0.293 e. The number of Topliss-reactive ketones (excluding diaryl/α,β-unsaturated/α-hetero) is 1. The van der Waals surface area contributed by atoms with Crippen LogP contribution in [0.4, 0.5) is 0 Å². The fourth-order valence-electron chi connectivity index (χ4n) is 2.30. The Hall–Kier alpha value is -2.39. The Bertz CT molecular complexity index is 806. The number of para-hydroxylation sites is 1. The summed E-state index contributed by atoms with van der Waals surface area (Å²) in [6.45, 7) is 0. The molecule has 0 spiro atoms. The molecular weight excluding hydrogens is 274 g/mol. The molecule has 2 aromatic carbocycles. The second-order valence-corrected chi connectivity index (χ2v) is 4.73. The number of aromatic nitrogens is 1. The molecule has 3 aromatic rings. The molecule has 0 aliphatic carbocycles. The summed E-state index contributed by atoms with van der Waals surface area (Å²) in [5.41, 5.74) is 2.58. The number of nitrogens with one attached hydrogen (secondary N) is 1. The molecule has 0 bridgehead atoms. The third kappa shape index (κ3) is 2.02. The number of hydrogen-bond acceptors (Lipinski definition) is 2. The molecule has 4 heteroatoms. The van der Waals surface area contributed by atoms with Crippen LogP contribution in [0.5, 0.6) is 0 Å². The van der Waals surface area contributed by atoms with Crippen LogP contribution in [-0.4, -0.2) is 16.0 Å². The molecule has 0 unspecified atom stereocenters. The van der Waals surface area contributed by atoms with E-state index >= 15 is 0 Å². The number of aromatic amines is 1. The average Bonchev–Trinajstić information content (AvgIpc) is 2.86. The van der Waals surface area contributed by atoms with Gasteiger partial charge in [-0.05, 0) is 23.2 Å². The largest absolute Gasteiger partial charge is 0.354 e. The van der Waals surface area contributed by atoms with E-state index in [0.29, 0.717) is 16.6 Å². The molecule has 20 heavy (non-hydrogen) atoms. The lowest BCUT2D eigenvalue weighted by atomic mass is 10.0. The van der Waals surface area contributed by atoms with Gasteiger partial charge in [0.15, 0.2) is 0 Å². The Kier molecular flexibility index (Phi) is 3.12. The van der Waals surface area contributed by atoms with Gasteiger partial charge in [-0.1, -0.05) is 48.5 Å². The van der Waals surface area contributed by atoms with Crippen molar-refractivity contribution in [3.8, 4) is 11.3 Å². The van der Waals surface area contributed by atoms with E-state index in [1.54, 1.807) is 6.07 Å². The molecule has 0 atom stereocenters. The van der Waals surface area contributed by atoms with Gasteiger partial charge >= 0.3 is 0 Å². The minimum atomic E-state index is -0.980. The van der Waals surface area contributed by atoms with Crippen LogP contribution in [0.25, 0.3) is 22.2 Å².